The number of halogens is 3. The minimum absolute atomic E-state index is 0.201. The summed E-state index contributed by atoms with van der Waals surface area (Å²) >= 11 is 0. The number of hydrogen-bond donors (Lipinski definition) is 0. The zero-order valence-electron chi connectivity index (χ0n) is 8.38. The summed E-state index contributed by atoms with van der Waals surface area (Å²) in [6.07, 6.45) is -0.201. The number of esters is 1. The highest BCUT2D eigenvalue weighted by Crippen LogP contribution is 2.19. The van der Waals surface area contributed by atoms with E-state index < -0.39 is 18.4 Å². The van der Waals surface area contributed by atoms with Crippen molar-refractivity contribution in [2.24, 2.45) is 0 Å². The lowest BCUT2D eigenvalue weighted by Gasteiger charge is -2.06. The predicted molar refractivity (Wildman–Crippen MR) is 48.8 cm³/mol. The summed E-state index contributed by atoms with van der Waals surface area (Å²) in [7, 11) is 1.18. The van der Waals surface area contributed by atoms with Crippen LogP contribution in [0.15, 0.2) is 18.2 Å². The van der Waals surface area contributed by atoms with Crippen molar-refractivity contribution >= 4 is 5.97 Å². The number of rotatable bonds is 4. The predicted octanol–water partition coefficient (Wildman–Crippen LogP) is 2.14. The summed E-state index contributed by atoms with van der Waals surface area (Å²) in [5.74, 6) is -1.67. The van der Waals surface area contributed by atoms with Crippen LogP contribution in [0.25, 0.3) is 0 Å². The second-order valence-corrected chi connectivity index (χ2v) is 2.93. The molecule has 1 rings (SSSR count). The number of carbonyl (C=O) groups is 1. The average Bonchev–Trinajstić information content (AvgIpc) is 2.15. The lowest BCUT2D eigenvalue weighted by molar-refractivity contribution is -0.139. The summed E-state index contributed by atoms with van der Waals surface area (Å²) in [4.78, 5) is 10.9. The number of methoxy groups -OCH3 is 1. The van der Waals surface area contributed by atoms with E-state index in [-0.39, 0.29) is 17.7 Å². The van der Waals surface area contributed by atoms with Crippen molar-refractivity contribution in [3.8, 4) is 5.75 Å². The fourth-order valence-corrected chi connectivity index (χ4v) is 1.13. The molecule has 0 heterocycles. The topological polar surface area (TPSA) is 35.5 Å². The van der Waals surface area contributed by atoms with Crippen molar-refractivity contribution in [1.82, 2.24) is 0 Å². The van der Waals surface area contributed by atoms with E-state index in [1.54, 1.807) is 0 Å². The van der Waals surface area contributed by atoms with Gasteiger partial charge in [-0.25, -0.2) is 4.39 Å². The van der Waals surface area contributed by atoms with E-state index in [1.807, 2.05) is 0 Å². The van der Waals surface area contributed by atoms with Crippen LogP contribution in [0, 0.1) is 5.82 Å². The summed E-state index contributed by atoms with van der Waals surface area (Å²) in [6.45, 7) is -3.03. The van der Waals surface area contributed by atoms with Gasteiger partial charge in [-0.05, 0) is 17.7 Å². The smallest absolute Gasteiger partial charge is 0.387 e. The van der Waals surface area contributed by atoms with Gasteiger partial charge in [-0.3, -0.25) is 4.79 Å². The number of alkyl halides is 2. The first kappa shape index (κ1) is 12.4. The molecule has 0 fully saturated rings. The molecule has 0 saturated carbocycles. The standard InChI is InChI=1S/C10H9F3O3/c1-15-9(14)4-6-2-7(11)5-8(3-6)16-10(12)13/h2-3,5,10H,4H2,1H3. The molecule has 0 saturated heterocycles. The molecule has 0 unspecified atom stereocenters. The first-order valence-electron chi connectivity index (χ1n) is 4.32. The zero-order chi connectivity index (χ0) is 12.1. The molecule has 0 aromatic heterocycles. The Morgan fingerprint density at radius 2 is 2.06 bits per heavy atom. The van der Waals surface area contributed by atoms with Crippen LogP contribution in [0.1, 0.15) is 5.56 Å². The quantitative estimate of drug-likeness (QED) is 0.749. The largest absolute Gasteiger partial charge is 0.469 e. The van der Waals surface area contributed by atoms with Crippen molar-refractivity contribution < 1.29 is 27.4 Å². The SMILES string of the molecule is COC(=O)Cc1cc(F)cc(OC(F)F)c1. The molecule has 0 aliphatic carbocycles. The van der Waals surface area contributed by atoms with Gasteiger partial charge in [0, 0.05) is 6.07 Å². The van der Waals surface area contributed by atoms with E-state index in [9.17, 15) is 18.0 Å². The van der Waals surface area contributed by atoms with E-state index >= 15 is 0 Å². The first-order chi connectivity index (χ1) is 7.51. The summed E-state index contributed by atoms with van der Waals surface area (Å²) < 4.78 is 45.1. The maximum atomic E-state index is 13.0. The minimum atomic E-state index is -3.03. The molecule has 6 heteroatoms. The maximum absolute atomic E-state index is 13.0. The Morgan fingerprint density at radius 1 is 1.38 bits per heavy atom. The van der Waals surface area contributed by atoms with Gasteiger partial charge in [0.05, 0.1) is 13.5 Å². The van der Waals surface area contributed by atoms with E-state index in [4.69, 9.17) is 0 Å². The molecule has 0 atom stereocenters. The Hall–Kier alpha value is -1.72. The van der Waals surface area contributed by atoms with Gasteiger partial charge in [-0.1, -0.05) is 0 Å². The van der Waals surface area contributed by atoms with Crippen molar-refractivity contribution in [2.45, 2.75) is 13.0 Å². The fraction of sp³-hybridized carbons (Fsp3) is 0.300. The van der Waals surface area contributed by atoms with Crippen LogP contribution in [0.4, 0.5) is 13.2 Å². The molecule has 16 heavy (non-hydrogen) atoms. The van der Waals surface area contributed by atoms with Crippen molar-refractivity contribution in [3.05, 3.63) is 29.6 Å². The van der Waals surface area contributed by atoms with E-state index in [0.717, 1.165) is 18.2 Å². The molecule has 88 valence electrons. The Morgan fingerprint density at radius 3 is 2.62 bits per heavy atom. The van der Waals surface area contributed by atoms with E-state index in [1.165, 1.54) is 7.11 Å². The van der Waals surface area contributed by atoms with Crippen molar-refractivity contribution in [1.29, 1.82) is 0 Å². The van der Waals surface area contributed by atoms with Gasteiger partial charge >= 0.3 is 12.6 Å². The summed E-state index contributed by atoms with van der Waals surface area (Å²) in [5.41, 5.74) is 0.211. The Labute approximate surface area is 89.8 Å². The summed E-state index contributed by atoms with van der Waals surface area (Å²) in [6, 6.07) is 3.02. The van der Waals surface area contributed by atoms with Gasteiger partial charge in [0.25, 0.3) is 0 Å². The maximum Gasteiger partial charge on any atom is 0.387 e. The molecule has 0 N–H and O–H groups in total. The van der Waals surface area contributed by atoms with Crippen molar-refractivity contribution in [2.75, 3.05) is 7.11 Å². The van der Waals surface area contributed by atoms with Crippen LogP contribution < -0.4 is 4.74 Å². The molecule has 0 bridgehead atoms. The van der Waals surface area contributed by atoms with Crippen LogP contribution >= 0.6 is 0 Å². The van der Waals surface area contributed by atoms with Gasteiger partial charge in [-0.15, -0.1) is 0 Å². The molecule has 3 nitrogen and oxygen atoms in total. The molecular formula is C10H9F3O3. The lowest BCUT2D eigenvalue weighted by Crippen LogP contribution is -2.06. The van der Waals surface area contributed by atoms with Gasteiger partial charge < -0.3 is 9.47 Å². The highest BCUT2D eigenvalue weighted by atomic mass is 19.3. The lowest BCUT2D eigenvalue weighted by atomic mass is 10.1. The molecule has 1 aromatic carbocycles. The van der Waals surface area contributed by atoms with Crippen LogP contribution in [-0.2, 0) is 16.0 Å². The second-order valence-electron chi connectivity index (χ2n) is 2.93. The highest BCUT2D eigenvalue weighted by Gasteiger charge is 2.10. The van der Waals surface area contributed by atoms with E-state index in [0.29, 0.717) is 0 Å². The number of benzene rings is 1. The highest BCUT2D eigenvalue weighted by molar-refractivity contribution is 5.72. The van der Waals surface area contributed by atoms with Crippen molar-refractivity contribution in [3.63, 3.8) is 0 Å². The van der Waals surface area contributed by atoms with E-state index in [2.05, 4.69) is 9.47 Å². The van der Waals surface area contributed by atoms with Gasteiger partial charge in [0.1, 0.15) is 11.6 Å². The Kier molecular flexibility index (Phi) is 4.16. The third kappa shape index (κ3) is 3.80. The fourth-order valence-electron chi connectivity index (χ4n) is 1.13. The van der Waals surface area contributed by atoms with Gasteiger partial charge in [0.2, 0.25) is 0 Å². The Balaban J connectivity index is 2.85. The van der Waals surface area contributed by atoms with Crippen LogP contribution in [0.5, 0.6) is 5.75 Å². The third-order valence-corrected chi connectivity index (χ3v) is 1.73. The van der Waals surface area contributed by atoms with Crippen LogP contribution in [-0.4, -0.2) is 19.7 Å². The van der Waals surface area contributed by atoms with Gasteiger partial charge in [-0.2, -0.15) is 8.78 Å². The molecule has 0 aliphatic rings. The normalized spacial score (nSPS) is 10.3. The molecule has 1 aromatic rings. The molecular weight excluding hydrogens is 225 g/mol. The van der Waals surface area contributed by atoms with Crippen LogP contribution in [0.3, 0.4) is 0 Å². The molecule has 0 aliphatic heterocycles. The minimum Gasteiger partial charge on any atom is -0.469 e. The zero-order valence-corrected chi connectivity index (χ0v) is 8.38. The molecule has 0 spiro atoms. The molecule has 0 amide bonds. The molecule has 0 radical (unpaired) electrons. The second kappa shape index (κ2) is 5.39. The Bertz CT molecular complexity index is 380. The monoisotopic (exact) mass is 234 g/mol. The number of carbonyl (C=O) groups excluding carboxylic acids is 1. The van der Waals surface area contributed by atoms with Gasteiger partial charge in [0.15, 0.2) is 0 Å². The summed E-state index contributed by atoms with van der Waals surface area (Å²) in [5, 5.41) is 0. The van der Waals surface area contributed by atoms with Crippen LogP contribution in [0.2, 0.25) is 0 Å². The number of hydrogen-bond acceptors (Lipinski definition) is 3. The first-order valence-corrected chi connectivity index (χ1v) is 4.32. The average molecular weight is 234 g/mol. The number of ether oxygens (including phenoxy) is 2. The third-order valence-electron chi connectivity index (χ3n) is 1.73.